The predicted molar refractivity (Wildman–Crippen MR) is 49.9 cm³/mol. The molecule has 5 N–H and O–H groups in total. The van der Waals surface area contributed by atoms with Crippen molar-refractivity contribution in [3.05, 3.63) is 11.9 Å². The summed E-state index contributed by atoms with van der Waals surface area (Å²) in [6.07, 6.45) is -0.0718. The van der Waals surface area contributed by atoms with Gasteiger partial charge in [0.15, 0.2) is 0 Å². The van der Waals surface area contributed by atoms with E-state index in [1.54, 1.807) is 20.3 Å². The highest BCUT2D eigenvalue weighted by Gasteiger charge is 2.15. The molecule has 0 aromatic heterocycles. The SMILES string of the molecule is CNC=C(CC(O)C(O)CO)NC. The molecule has 2 unspecified atom stereocenters. The molecule has 0 saturated carbocycles. The highest BCUT2D eigenvalue weighted by atomic mass is 16.4. The highest BCUT2D eigenvalue weighted by molar-refractivity contribution is 4.99. The van der Waals surface area contributed by atoms with Crippen LogP contribution in [0.25, 0.3) is 0 Å². The quantitative estimate of drug-likeness (QED) is 0.347. The second-order valence-electron chi connectivity index (χ2n) is 2.73. The van der Waals surface area contributed by atoms with Crippen LogP contribution in [0.15, 0.2) is 11.9 Å². The van der Waals surface area contributed by atoms with Gasteiger partial charge < -0.3 is 26.0 Å². The lowest BCUT2D eigenvalue weighted by molar-refractivity contribution is -0.0138. The first-order chi connectivity index (χ1) is 6.15. The van der Waals surface area contributed by atoms with Crippen LogP contribution in [0, 0.1) is 0 Å². The molecular formula is C8H18N2O3. The van der Waals surface area contributed by atoms with E-state index < -0.39 is 18.8 Å². The van der Waals surface area contributed by atoms with Gasteiger partial charge in [0.05, 0.1) is 12.7 Å². The van der Waals surface area contributed by atoms with Crippen LogP contribution in [0.1, 0.15) is 6.42 Å². The average Bonchev–Trinajstić information content (AvgIpc) is 2.15. The Morgan fingerprint density at radius 2 is 1.92 bits per heavy atom. The summed E-state index contributed by atoms with van der Waals surface area (Å²) in [4.78, 5) is 0. The molecule has 0 spiro atoms. The molecule has 0 saturated heterocycles. The van der Waals surface area contributed by atoms with E-state index in [2.05, 4.69) is 10.6 Å². The lowest BCUT2D eigenvalue weighted by Crippen LogP contribution is -2.31. The molecule has 5 heteroatoms. The summed E-state index contributed by atoms with van der Waals surface area (Å²) in [5, 5.41) is 32.6. The van der Waals surface area contributed by atoms with Gasteiger partial charge in [-0.15, -0.1) is 0 Å². The van der Waals surface area contributed by atoms with E-state index in [1.807, 2.05) is 0 Å². The van der Waals surface area contributed by atoms with E-state index in [1.165, 1.54) is 0 Å². The maximum absolute atomic E-state index is 9.33. The lowest BCUT2D eigenvalue weighted by Gasteiger charge is -2.17. The molecule has 78 valence electrons. The number of aliphatic hydroxyl groups excluding tert-OH is 3. The summed E-state index contributed by atoms with van der Waals surface area (Å²) < 4.78 is 0. The van der Waals surface area contributed by atoms with Gasteiger partial charge in [-0.05, 0) is 0 Å². The Morgan fingerprint density at radius 1 is 1.31 bits per heavy atom. The van der Waals surface area contributed by atoms with Gasteiger partial charge >= 0.3 is 0 Å². The molecule has 0 rings (SSSR count). The van der Waals surface area contributed by atoms with Crippen LogP contribution in [0.3, 0.4) is 0 Å². The Morgan fingerprint density at radius 3 is 2.31 bits per heavy atom. The molecule has 0 bridgehead atoms. The van der Waals surface area contributed by atoms with Crippen molar-refractivity contribution in [3.63, 3.8) is 0 Å². The maximum atomic E-state index is 9.33. The third-order valence-corrected chi connectivity index (χ3v) is 1.70. The molecule has 0 amide bonds. The van der Waals surface area contributed by atoms with Crippen LogP contribution in [-0.4, -0.2) is 48.2 Å². The minimum Gasteiger partial charge on any atom is -0.394 e. The molecule has 0 aliphatic heterocycles. The van der Waals surface area contributed by atoms with Gasteiger partial charge in [-0.25, -0.2) is 0 Å². The molecule has 0 heterocycles. The summed E-state index contributed by atoms with van der Waals surface area (Å²) in [5.74, 6) is 0. The Bertz CT molecular complexity index is 161. The van der Waals surface area contributed by atoms with Crippen LogP contribution in [-0.2, 0) is 0 Å². The number of aliphatic hydroxyl groups is 3. The van der Waals surface area contributed by atoms with E-state index in [9.17, 15) is 5.11 Å². The van der Waals surface area contributed by atoms with Gasteiger partial charge in [0.25, 0.3) is 0 Å². The molecule has 0 radical (unpaired) electrons. The standard InChI is InChI=1S/C8H18N2O3/c1-9-4-6(10-2)3-7(12)8(13)5-11/h4,7-13H,3,5H2,1-2H3. The lowest BCUT2D eigenvalue weighted by atomic mass is 10.1. The van der Waals surface area contributed by atoms with Crippen molar-refractivity contribution < 1.29 is 15.3 Å². The van der Waals surface area contributed by atoms with Gasteiger partial charge in [-0.3, -0.25) is 0 Å². The topological polar surface area (TPSA) is 84.8 Å². The van der Waals surface area contributed by atoms with Crippen molar-refractivity contribution >= 4 is 0 Å². The normalized spacial score (nSPS) is 16.5. The first-order valence-corrected chi connectivity index (χ1v) is 4.16. The zero-order valence-corrected chi connectivity index (χ0v) is 7.99. The van der Waals surface area contributed by atoms with Gasteiger partial charge in [0.1, 0.15) is 6.10 Å². The molecule has 13 heavy (non-hydrogen) atoms. The molecule has 0 fully saturated rings. The number of rotatable bonds is 6. The fraction of sp³-hybridized carbons (Fsp3) is 0.750. The fourth-order valence-electron chi connectivity index (χ4n) is 0.890. The zero-order valence-electron chi connectivity index (χ0n) is 7.99. The van der Waals surface area contributed by atoms with E-state index in [4.69, 9.17) is 10.2 Å². The van der Waals surface area contributed by atoms with Crippen LogP contribution < -0.4 is 10.6 Å². The van der Waals surface area contributed by atoms with Crippen LogP contribution in [0.2, 0.25) is 0 Å². The summed E-state index contributed by atoms with van der Waals surface area (Å²) in [5.41, 5.74) is 0.766. The largest absolute Gasteiger partial charge is 0.394 e. The van der Waals surface area contributed by atoms with Gasteiger partial charge in [-0.1, -0.05) is 0 Å². The van der Waals surface area contributed by atoms with Crippen molar-refractivity contribution in [1.29, 1.82) is 0 Å². The van der Waals surface area contributed by atoms with Crippen molar-refractivity contribution in [3.8, 4) is 0 Å². The smallest absolute Gasteiger partial charge is 0.103 e. The van der Waals surface area contributed by atoms with Crippen molar-refractivity contribution in [2.24, 2.45) is 0 Å². The Labute approximate surface area is 78.1 Å². The van der Waals surface area contributed by atoms with Crippen molar-refractivity contribution in [1.82, 2.24) is 10.6 Å². The Kier molecular flexibility index (Phi) is 6.30. The number of hydrogen-bond acceptors (Lipinski definition) is 5. The predicted octanol–water partition coefficient (Wildman–Crippen LogP) is -1.63. The summed E-state index contributed by atoms with van der Waals surface area (Å²) in [7, 11) is 3.47. The summed E-state index contributed by atoms with van der Waals surface area (Å²) in [6, 6.07) is 0. The van der Waals surface area contributed by atoms with Gasteiger partial charge in [0.2, 0.25) is 0 Å². The minimum absolute atomic E-state index is 0.277. The first kappa shape index (κ1) is 12.2. The van der Waals surface area contributed by atoms with Crippen LogP contribution >= 0.6 is 0 Å². The van der Waals surface area contributed by atoms with E-state index in [0.717, 1.165) is 5.70 Å². The Balaban J connectivity index is 4.00. The average molecular weight is 190 g/mol. The van der Waals surface area contributed by atoms with Crippen molar-refractivity contribution in [2.75, 3.05) is 20.7 Å². The molecule has 0 aliphatic rings. The number of hydrogen-bond donors (Lipinski definition) is 5. The highest BCUT2D eigenvalue weighted by Crippen LogP contribution is 2.04. The molecule has 5 nitrogen and oxygen atoms in total. The summed E-state index contributed by atoms with van der Waals surface area (Å²) >= 11 is 0. The van der Waals surface area contributed by atoms with Crippen LogP contribution in [0.4, 0.5) is 0 Å². The van der Waals surface area contributed by atoms with Gasteiger partial charge in [-0.2, -0.15) is 0 Å². The zero-order chi connectivity index (χ0) is 10.3. The molecular weight excluding hydrogens is 172 g/mol. The van der Waals surface area contributed by atoms with E-state index >= 15 is 0 Å². The van der Waals surface area contributed by atoms with E-state index in [-0.39, 0.29) is 6.42 Å². The second kappa shape index (κ2) is 6.71. The molecule has 2 atom stereocenters. The molecule has 0 aromatic rings. The molecule has 0 aromatic carbocycles. The second-order valence-corrected chi connectivity index (χ2v) is 2.73. The van der Waals surface area contributed by atoms with Gasteiger partial charge in [0, 0.05) is 32.4 Å². The van der Waals surface area contributed by atoms with Crippen molar-refractivity contribution in [2.45, 2.75) is 18.6 Å². The summed E-state index contributed by atoms with van der Waals surface area (Å²) in [6.45, 7) is -0.433. The first-order valence-electron chi connectivity index (χ1n) is 4.16. The number of nitrogens with one attached hydrogen (secondary N) is 2. The maximum Gasteiger partial charge on any atom is 0.103 e. The van der Waals surface area contributed by atoms with Crippen LogP contribution in [0.5, 0.6) is 0 Å². The van der Waals surface area contributed by atoms with E-state index in [0.29, 0.717) is 0 Å². The Hall–Kier alpha value is -0.780. The fourth-order valence-corrected chi connectivity index (χ4v) is 0.890. The minimum atomic E-state index is -1.09. The molecule has 0 aliphatic carbocycles. The third-order valence-electron chi connectivity index (χ3n) is 1.70. The monoisotopic (exact) mass is 190 g/mol. The third kappa shape index (κ3) is 4.72.